The summed E-state index contributed by atoms with van der Waals surface area (Å²) in [5, 5.41) is 0. The van der Waals surface area contributed by atoms with Gasteiger partial charge in [-0.1, -0.05) is 60.7 Å². The molecule has 0 saturated carbocycles. The van der Waals surface area contributed by atoms with Crippen molar-refractivity contribution in [2.45, 2.75) is 6.61 Å². The summed E-state index contributed by atoms with van der Waals surface area (Å²) in [6, 6.07) is 31.5. The van der Waals surface area contributed by atoms with Crippen LogP contribution in [-0.4, -0.2) is 19.0 Å². The van der Waals surface area contributed by atoms with E-state index in [0.717, 1.165) is 27.8 Å². The molecule has 4 aromatic rings. The number of hydrogen-bond acceptors (Lipinski definition) is 5. The van der Waals surface area contributed by atoms with Gasteiger partial charge in [0.2, 0.25) is 5.90 Å². The second-order valence-electron chi connectivity index (χ2n) is 8.10. The fraction of sp³-hybridized carbons (Fsp3) is 0.0667. The lowest BCUT2D eigenvalue weighted by atomic mass is 10.0. The highest BCUT2D eigenvalue weighted by molar-refractivity contribution is 14.1. The van der Waals surface area contributed by atoms with E-state index in [9.17, 15) is 4.79 Å². The first-order chi connectivity index (χ1) is 17.6. The number of rotatable bonds is 7. The number of halogens is 1. The van der Waals surface area contributed by atoms with Crippen molar-refractivity contribution in [3.8, 4) is 22.6 Å². The summed E-state index contributed by atoms with van der Waals surface area (Å²) in [4.78, 5) is 16.9. The van der Waals surface area contributed by atoms with Gasteiger partial charge in [-0.05, 0) is 87.3 Å². The summed E-state index contributed by atoms with van der Waals surface area (Å²) in [5.74, 6) is 0.988. The van der Waals surface area contributed by atoms with Crippen molar-refractivity contribution in [1.82, 2.24) is 0 Å². The Balaban J connectivity index is 1.32. The van der Waals surface area contributed by atoms with E-state index in [2.05, 4.69) is 39.7 Å². The fourth-order valence-electron chi connectivity index (χ4n) is 3.76. The van der Waals surface area contributed by atoms with Crippen molar-refractivity contribution >= 4 is 40.5 Å². The zero-order valence-electron chi connectivity index (χ0n) is 19.5. The number of methoxy groups -OCH3 is 1. The average Bonchev–Trinajstić information content (AvgIpc) is 3.29. The van der Waals surface area contributed by atoms with Gasteiger partial charge in [0.1, 0.15) is 6.61 Å². The Labute approximate surface area is 223 Å². The maximum Gasteiger partial charge on any atom is 0.363 e. The van der Waals surface area contributed by atoms with E-state index in [0.29, 0.717) is 18.1 Å². The molecule has 0 fully saturated rings. The maximum atomic E-state index is 12.5. The minimum absolute atomic E-state index is 0.228. The van der Waals surface area contributed by atoms with Crippen LogP contribution in [0.25, 0.3) is 17.2 Å². The normalized spacial score (nSPS) is 13.9. The van der Waals surface area contributed by atoms with Crippen LogP contribution in [0.1, 0.15) is 16.7 Å². The summed E-state index contributed by atoms with van der Waals surface area (Å²) >= 11 is 2.27. The van der Waals surface area contributed by atoms with Gasteiger partial charge in [0.25, 0.3) is 0 Å². The Bertz CT molecular complexity index is 1440. The van der Waals surface area contributed by atoms with Crippen molar-refractivity contribution in [2.24, 2.45) is 4.99 Å². The van der Waals surface area contributed by atoms with Gasteiger partial charge in [-0.25, -0.2) is 9.79 Å². The van der Waals surface area contributed by atoms with Crippen LogP contribution in [0.5, 0.6) is 11.5 Å². The standard InChI is InChI=1S/C30H22INO4/c1-34-28-18-21(9-16-27(28)35-19-20-7-14-25(31)15-8-20)17-26-30(33)36-29(32-26)24-12-10-23(11-13-24)22-5-3-2-4-6-22/h2-18H,19H2,1H3/b26-17-. The largest absolute Gasteiger partial charge is 0.493 e. The number of esters is 1. The van der Waals surface area contributed by atoms with Crippen molar-refractivity contribution in [2.75, 3.05) is 7.11 Å². The molecular formula is C30H22INO4. The molecule has 1 aliphatic heterocycles. The van der Waals surface area contributed by atoms with Crippen LogP contribution < -0.4 is 9.47 Å². The van der Waals surface area contributed by atoms with Gasteiger partial charge in [-0.15, -0.1) is 0 Å². The lowest BCUT2D eigenvalue weighted by molar-refractivity contribution is -0.129. The van der Waals surface area contributed by atoms with Gasteiger partial charge in [-0.3, -0.25) is 0 Å². The molecule has 0 bridgehead atoms. The van der Waals surface area contributed by atoms with Crippen LogP contribution in [0.2, 0.25) is 0 Å². The Hall–Kier alpha value is -3.91. The summed E-state index contributed by atoms with van der Waals surface area (Å²) in [7, 11) is 1.59. The van der Waals surface area contributed by atoms with Crippen molar-refractivity contribution < 1.29 is 19.0 Å². The molecule has 1 heterocycles. The minimum atomic E-state index is -0.491. The third kappa shape index (κ3) is 5.49. The molecule has 1 aliphatic rings. The molecule has 5 rings (SSSR count). The van der Waals surface area contributed by atoms with Gasteiger partial charge < -0.3 is 14.2 Å². The predicted molar refractivity (Wildman–Crippen MR) is 149 cm³/mol. The first-order valence-corrected chi connectivity index (χ1v) is 12.4. The molecule has 0 N–H and O–H groups in total. The molecule has 0 spiro atoms. The van der Waals surface area contributed by atoms with E-state index in [1.165, 1.54) is 3.57 Å². The van der Waals surface area contributed by atoms with Crippen molar-refractivity contribution in [3.63, 3.8) is 0 Å². The minimum Gasteiger partial charge on any atom is -0.493 e. The summed E-state index contributed by atoms with van der Waals surface area (Å²) in [5.41, 5.74) is 4.99. The number of carbonyl (C=O) groups excluding carboxylic acids is 1. The van der Waals surface area contributed by atoms with Crippen LogP contribution in [-0.2, 0) is 16.1 Å². The molecule has 0 atom stereocenters. The monoisotopic (exact) mass is 587 g/mol. The number of carbonyl (C=O) groups is 1. The Kier molecular flexibility index (Phi) is 7.13. The molecule has 0 aliphatic carbocycles. The van der Waals surface area contributed by atoms with Crippen LogP contribution >= 0.6 is 22.6 Å². The van der Waals surface area contributed by atoms with Gasteiger partial charge in [0.15, 0.2) is 17.2 Å². The van der Waals surface area contributed by atoms with E-state index in [4.69, 9.17) is 14.2 Å². The highest BCUT2D eigenvalue weighted by Crippen LogP contribution is 2.31. The molecule has 0 amide bonds. The number of hydrogen-bond donors (Lipinski definition) is 0. The SMILES string of the molecule is COc1cc(/C=C2\N=C(c3ccc(-c4ccccc4)cc3)OC2=O)ccc1OCc1ccc(I)cc1. The zero-order chi connectivity index (χ0) is 24.9. The highest BCUT2D eigenvalue weighted by Gasteiger charge is 2.24. The molecule has 0 aromatic heterocycles. The molecular weight excluding hydrogens is 565 g/mol. The lowest BCUT2D eigenvalue weighted by Gasteiger charge is -2.11. The lowest BCUT2D eigenvalue weighted by Crippen LogP contribution is -2.05. The van der Waals surface area contributed by atoms with Crippen molar-refractivity contribution in [3.05, 3.63) is 123 Å². The quantitative estimate of drug-likeness (QED) is 0.134. The molecule has 6 heteroatoms. The van der Waals surface area contributed by atoms with Gasteiger partial charge >= 0.3 is 5.97 Å². The van der Waals surface area contributed by atoms with E-state index >= 15 is 0 Å². The van der Waals surface area contributed by atoms with Crippen LogP contribution in [0.4, 0.5) is 0 Å². The molecule has 0 saturated heterocycles. The second kappa shape index (κ2) is 10.8. The zero-order valence-corrected chi connectivity index (χ0v) is 21.6. The Morgan fingerprint density at radius 1 is 0.833 bits per heavy atom. The first kappa shape index (κ1) is 23.8. The van der Waals surface area contributed by atoms with Gasteiger partial charge in [-0.2, -0.15) is 0 Å². The second-order valence-corrected chi connectivity index (χ2v) is 9.35. The third-order valence-electron chi connectivity index (χ3n) is 5.66. The average molecular weight is 587 g/mol. The molecule has 36 heavy (non-hydrogen) atoms. The Morgan fingerprint density at radius 2 is 1.53 bits per heavy atom. The number of aliphatic imine (C=N–C) groups is 1. The predicted octanol–water partition coefficient (Wildman–Crippen LogP) is 6.89. The summed E-state index contributed by atoms with van der Waals surface area (Å²) in [6.07, 6.45) is 1.68. The van der Waals surface area contributed by atoms with Gasteiger partial charge in [0, 0.05) is 9.13 Å². The summed E-state index contributed by atoms with van der Waals surface area (Å²) < 4.78 is 18.1. The number of ether oxygens (including phenoxy) is 3. The van der Waals surface area contributed by atoms with Crippen LogP contribution in [0, 0.1) is 3.57 Å². The first-order valence-electron chi connectivity index (χ1n) is 11.3. The number of nitrogens with zero attached hydrogens (tertiary/aromatic N) is 1. The molecule has 0 radical (unpaired) electrons. The number of cyclic esters (lactones) is 1. The van der Waals surface area contributed by atoms with E-state index in [1.807, 2.05) is 84.9 Å². The highest BCUT2D eigenvalue weighted by atomic mass is 127. The van der Waals surface area contributed by atoms with Crippen LogP contribution in [0.3, 0.4) is 0 Å². The molecule has 4 aromatic carbocycles. The van der Waals surface area contributed by atoms with Crippen LogP contribution in [0.15, 0.2) is 108 Å². The maximum absolute atomic E-state index is 12.5. The molecule has 178 valence electrons. The molecule has 5 nitrogen and oxygen atoms in total. The van der Waals surface area contributed by atoms with E-state index < -0.39 is 5.97 Å². The number of benzene rings is 4. The van der Waals surface area contributed by atoms with Gasteiger partial charge in [0.05, 0.1) is 7.11 Å². The fourth-order valence-corrected chi connectivity index (χ4v) is 4.12. The smallest absolute Gasteiger partial charge is 0.363 e. The van der Waals surface area contributed by atoms with E-state index in [-0.39, 0.29) is 11.6 Å². The topological polar surface area (TPSA) is 57.1 Å². The molecule has 0 unspecified atom stereocenters. The Morgan fingerprint density at radius 3 is 2.25 bits per heavy atom. The van der Waals surface area contributed by atoms with Crippen molar-refractivity contribution in [1.29, 1.82) is 0 Å². The van der Waals surface area contributed by atoms with E-state index in [1.54, 1.807) is 13.2 Å². The summed E-state index contributed by atoms with van der Waals surface area (Å²) in [6.45, 7) is 0.427. The third-order valence-corrected chi connectivity index (χ3v) is 6.38.